The van der Waals surface area contributed by atoms with Crippen molar-refractivity contribution in [3.05, 3.63) is 93.0 Å². The second kappa shape index (κ2) is 9.67. The van der Waals surface area contributed by atoms with Crippen LogP contribution in [-0.4, -0.2) is 23.7 Å². The van der Waals surface area contributed by atoms with Crippen molar-refractivity contribution in [1.29, 1.82) is 0 Å². The van der Waals surface area contributed by atoms with Crippen molar-refractivity contribution < 1.29 is 14.5 Å². The van der Waals surface area contributed by atoms with E-state index in [2.05, 4.69) is 10.3 Å². The van der Waals surface area contributed by atoms with Gasteiger partial charge in [-0.3, -0.25) is 19.9 Å². The van der Waals surface area contributed by atoms with Gasteiger partial charge in [-0.15, -0.1) is 0 Å². The number of hydrogen-bond acceptors (Lipinski definition) is 5. The molecular formula is C22H18ClN3O4. The molecule has 1 N–H and O–H groups in total. The maximum absolute atomic E-state index is 12.2. The summed E-state index contributed by atoms with van der Waals surface area (Å²) in [7, 11) is 0. The number of nitro groups is 1. The lowest BCUT2D eigenvalue weighted by Gasteiger charge is -2.10. The highest BCUT2D eigenvalue weighted by Crippen LogP contribution is 2.23. The zero-order chi connectivity index (χ0) is 21.5. The molecule has 0 spiro atoms. The molecule has 0 aliphatic rings. The molecule has 0 saturated heterocycles. The fraction of sp³-hybridized carbons (Fsp3) is 0.0909. The van der Waals surface area contributed by atoms with E-state index >= 15 is 0 Å². The van der Waals surface area contributed by atoms with Crippen LogP contribution in [0.4, 0.5) is 17.1 Å². The monoisotopic (exact) mass is 423 g/mol. The number of nitrogens with zero attached hydrogens (tertiary/aromatic N) is 2. The van der Waals surface area contributed by atoms with Crippen LogP contribution in [0.3, 0.4) is 0 Å². The van der Waals surface area contributed by atoms with Gasteiger partial charge < -0.3 is 10.1 Å². The largest absolute Gasteiger partial charge is 0.483 e. The van der Waals surface area contributed by atoms with Gasteiger partial charge in [0.2, 0.25) is 0 Å². The van der Waals surface area contributed by atoms with E-state index in [0.29, 0.717) is 27.7 Å². The molecule has 30 heavy (non-hydrogen) atoms. The molecule has 0 aliphatic carbocycles. The molecule has 3 rings (SSSR count). The van der Waals surface area contributed by atoms with Crippen LogP contribution in [0.1, 0.15) is 11.1 Å². The number of hydrogen-bond donors (Lipinski definition) is 1. The van der Waals surface area contributed by atoms with Crippen LogP contribution in [0.5, 0.6) is 5.75 Å². The number of benzene rings is 3. The number of carbonyl (C=O) groups excluding carboxylic acids is 1. The summed E-state index contributed by atoms with van der Waals surface area (Å²) in [6.07, 6.45) is 1.53. The normalized spacial score (nSPS) is 10.7. The number of ether oxygens (including phenoxy) is 1. The van der Waals surface area contributed by atoms with E-state index in [1.807, 2.05) is 25.1 Å². The summed E-state index contributed by atoms with van der Waals surface area (Å²) >= 11 is 6.07. The van der Waals surface area contributed by atoms with Crippen LogP contribution in [-0.2, 0) is 4.79 Å². The molecule has 0 aromatic heterocycles. The highest BCUT2D eigenvalue weighted by atomic mass is 35.5. The maximum atomic E-state index is 12.2. The number of nitrogens with one attached hydrogen (secondary N) is 1. The van der Waals surface area contributed by atoms with Crippen LogP contribution < -0.4 is 10.1 Å². The molecule has 7 nitrogen and oxygen atoms in total. The standard InChI is InChI=1S/C22H18ClN3O4/c1-15-3-2-4-19(11-15)25-22(27)14-30-21-10-5-17(23)12-16(21)13-24-18-6-8-20(9-7-18)26(28)29/h2-13H,14H2,1H3,(H,25,27). The summed E-state index contributed by atoms with van der Waals surface area (Å²) in [5.74, 6) is 0.137. The third kappa shape index (κ3) is 5.89. The first-order valence-electron chi connectivity index (χ1n) is 8.98. The first-order valence-corrected chi connectivity index (χ1v) is 9.36. The molecule has 0 fully saturated rings. The van der Waals surface area contributed by atoms with E-state index in [-0.39, 0.29) is 18.2 Å². The number of halogens is 1. The number of nitro benzene ring substituents is 1. The average Bonchev–Trinajstić information content (AvgIpc) is 2.72. The van der Waals surface area contributed by atoms with E-state index < -0.39 is 4.92 Å². The number of aryl methyl sites for hydroxylation is 1. The number of rotatable bonds is 7. The van der Waals surface area contributed by atoms with Crippen molar-refractivity contribution >= 4 is 40.8 Å². The quantitative estimate of drug-likeness (QED) is 0.316. The second-order valence-electron chi connectivity index (χ2n) is 6.42. The Morgan fingerprint density at radius 1 is 1.17 bits per heavy atom. The molecule has 0 bridgehead atoms. The molecule has 0 atom stereocenters. The third-order valence-corrected chi connectivity index (χ3v) is 4.28. The van der Waals surface area contributed by atoms with E-state index in [1.54, 1.807) is 24.3 Å². The van der Waals surface area contributed by atoms with Crippen molar-refractivity contribution in [2.45, 2.75) is 6.92 Å². The van der Waals surface area contributed by atoms with Crippen molar-refractivity contribution in [1.82, 2.24) is 0 Å². The van der Waals surface area contributed by atoms with Crippen LogP contribution in [0.15, 0.2) is 71.7 Å². The van der Waals surface area contributed by atoms with Crippen LogP contribution in [0, 0.1) is 17.0 Å². The van der Waals surface area contributed by atoms with E-state index in [0.717, 1.165) is 5.56 Å². The fourth-order valence-corrected chi connectivity index (χ4v) is 2.80. The summed E-state index contributed by atoms with van der Waals surface area (Å²) < 4.78 is 5.64. The lowest BCUT2D eigenvalue weighted by molar-refractivity contribution is -0.384. The van der Waals surface area contributed by atoms with Gasteiger partial charge in [-0.25, -0.2) is 0 Å². The molecule has 8 heteroatoms. The number of carbonyl (C=O) groups is 1. The predicted octanol–water partition coefficient (Wildman–Crippen LogP) is 5.32. The van der Waals surface area contributed by atoms with Crippen molar-refractivity contribution in [2.24, 2.45) is 4.99 Å². The SMILES string of the molecule is Cc1cccc(NC(=O)COc2ccc(Cl)cc2C=Nc2ccc([N+](=O)[O-])cc2)c1. The van der Waals surface area contributed by atoms with Gasteiger partial charge in [0.25, 0.3) is 11.6 Å². The first kappa shape index (κ1) is 21.0. The number of aliphatic imine (C=N–C) groups is 1. The Balaban J connectivity index is 1.68. The zero-order valence-corrected chi connectivity index (χ0v) is 16.8. The molecule has 152 valence electrons. The van der Waals surface area contributed by atoms with Gasteiger partial charge in [-0.2, -0.15) is 0 Å². The average molecular weight is 424 g/mol. The molecule has 1 amide bonds. The van der Waals surface area contributed by atoms with Crippen LogP contribution in [0.2, 0.25) is 5.02 Å². The van der Waals surface area contributed by atoms with Gasteiger partial charge in [-0.1, -0.05) is 23.7 Å². The van der Waals surface area contributed by atoms with Crippen LogP contribution >= 0.6 is 11.6 Å². The third-order valence-electron chi connectivity index (χ3n) is 4.05. The number of amides is 1. The molecule has 3 aromatic rings. The predicted molar refractivity (Wildman–Crippen MR) is 117 cm³/mol. The summed E-state index contributed by atoms with van der Waals surface area (Å²) in [6.45, 7) is 1.75. The van der Waals surface area contributed by atoms with Crippen molar-refractivity contribution in [2.75, 3.05) is 11.9 Å². The second-order valence-corrected chi connectivity index (χ2v) is 6.86. The van der Waals surface area contributed by atoms with E-state index in [1.165, 1.54) is 30.5 Å². The Morgan fingerprint density at radius 2 is 1.93 bits per heavy atom. The van der Waals surface area contributed by atoms with E-state index in [9.17, 15) is 14.9 Å². The zero-order valence-electron chi connectivity index (χ0n) is 16.0. The summed E-state index contributed by atoms with van der Waals surface area (Å²) in [4.78, 5) is 26.7. The minimum absolute atomic E-state index is 0.0136. The number of non-ortho nitro benzene ring substituents is 1. The van der Waals surface area contributed by atoms with Gasteiger partial charge in [0.1, 0.15) is 5.75 Å². The summed E-state index contributed by atoms with van der Waals surface area (Å²) in [6, 6.07) is 18.2. The topological polar surface area (TPSA) is 93.8 Å². The van der Waals surface area contributed by atoms with Gasteiger partial charge in [0.15, 0.2) is 6.61 Å². The lowest BCUT2D eigenvalue weighted by atomic mass is 10.2. The Kier molecular flexibility index (Phi) is 6.77. The summed E-state index contributed by atoms with van der Waals surface area (Å²) in [5, 5.41) is 14.0. The molecule has 0 heterocycles. The van der Waals surface area contributed by atoms with Gasteiger partial charge >= 0.3 is 0 Å². The highest BCUT2D eigenvalue weighted by Gasteiger charge is 2.08. The van der Waals surface area contributed by atoms with Crippen LogP contribution in [0.25, 0.3) is 0 Å². The molecule has 3 aromatic carbocycles. The maximum Gasteiger partial charge on any atom is 0.269 e. The van der Waals surface area contributed by atoms with Gasteiger partial charge in [0.05, 0.1) is 10.6 Å². The highest BCUT2D eigenvalue weighted by molar-refractivity contribution is 6.30. The molecule has 0 aliphatic heterocycles. The first-order chi connectivity index (χ1) is 14.4. The molecular weight excluding hydrogens is 406 g/mol. The van der Waals surface area contributed by atoms with E-state index in [4.69, 9.17) is 16.3 Å². The Labute approximate surface area is 178 Å². The summed E-state index contributed by atoms with van der Waals surface area (Å²) in [5.41, 5.74) is 2.82. The lowest BCUT2D eigenvalue weighted by Crippen LogP contribution is -2.20. The smallest absolute Gasteiger partial charge is 0.269 e. The Bertz CT molecular complexity index is 1100. The van der Waals surface area contributed by atoms with Crippen molar-refractivity contribution in [3.8, 4) is 5.75 Å². The molecule has 0 saturated carbocycles. The molecule has 0 radical (unpaired) electrons. The Morgan fingerprint density at radius 3 is 2.63 bits per heavy atom. The number of anilines is 1. The van der Waals surface area contributed by atoms with Gasteiger partial charge in [-0.05, 0) is 55.0 Å². The minimum Gasteiger partial charge on any atom is -0.483 e. The minimum atomic E-state index is -0.474. The molecule has 0 unspecified atom stereocenters. The van der Waals surface area contributed by atoms with Gasteiger partial charge in [0, 0.05) is 34.6 Å². The Hall–Kier alpha value is -3.71. The van der Waals surface area contributed by atoms with Crippen molar-refractivity contribution in [3.63, 3.8) is 0 Å². The fourth-order valence-electron chi connectivity index (χ4n) is 2.62.